The van der Waals surface area contributed by atoms with E-state index in [9.17, 15) is 4.79 Å². The zero-order valence-electron chi connectivity index (χ0n) is 14.1. The van der Waals surface area contributed by atoms with E-state index in [0.717, 1.165) is 42.8 Å². The molecule has 1 N–H and O–H groups in total. The number of rotatable bonds is 5. The Morgan fingerprint density at radius 1 is 1.33 bits per heavy atom. The van der Waals surface area contributed by atoms with Crippen molar-refractivity contribution in [2.45, 2.75) is 25.3 Å². The van der Waals surface area contributed by atoms with Gasteiger partial charge in [0.25, 0.3) is 5.91 Å². The van der Waals surface area contributed by atoms with E-state index in [0.29, 0.717) is 12.3 Å². The monoisotopic (exact) mass is 329 g/mol. The van der Waals surface area contributed by atoms with E-state index in [1.54, 1.807) is 20.3 Å². The maximum absolute atomic E-state index is 12.8. The summed E-state index contributed by atoms with van der Waals surface area (Å²) < 4.78 is 10.5. The van der Waals surface area contributed by atoms with Gasteiger partial charge >= 0.3 is 0 Å². The Morgan fingerprint density at radius 3 is 3.00 bits per heavy atom. The van der Waals surface area contributed by atoms with Crippen molar-refractivity contribution in [1.29, 1.82) is 0 Å². The average Bonchev–Trinajstić information content (AvgIpc) is 3.12. The lowest BCUT2D eigenvalue weighted by molar-refractivity contribution is 0.0423. The van der Waals surface area contributed by atoms with Crippen LogP contribution in [0.25, 0.3) is 11.3 Å². The summed E-state index contributed by atoms with van der Waals surface area (Å²) in [6, 6.07) is 9.57. The van der Waals surface area contributed by atoms with E-state index in [4.69, 9.17) is 9.47 Å². The van der Waals surface area contributed by atoms with E-state index in [2.05, 4.69) is 10.2 Å². The fourth-order valence-corrected chi connectivity index (χ4v) is 3.15. The van der Waals surface area contributed by atoms with Crippen molar-refractivity contribution in [2.75, 3.05) is 27.4 Å². The second-order valence-electron chi connectivity index (χ2n) is 6.00. The molecule has 1 saturated heterocycles. The second-order valence-corrected chi connectivity index (χ2v) is 6.00. The number of nitrogens with one attached hydrogen (secondary N) is 1. The predicted octanol–water partition coefficient (Wildman–Crippen LogP) is 2.73. The predicted molar refractivity (Wildman–Crippen MR) is 91.1 cm³/mol. The van der Waals surface area contributed by atoms with Crippen molar-refractivity contribution in [3.05, 3.63) is 36.0 Å². The van der Waals surface area contributed by atoms with Crippen LogP contribution in [0.15, 0.2) is 30.3 Å². The molecule has 1 amide bonds. The number of carbonyl (C=O) groups excluding carboxylic acids is 1. The number of nitrogens with zero attached hydrogens (tertiary/aromatic N) is 2. The van der Waals surface area contributed by atoms with Gasteiger partial charge in [-0.1, -0.05) is 12.1 Å². The highest BCUT2D eigenvalue weighted by Crippen LogP contribution is 2.24. The molecule has 6 nitrogen and oxygen atoms in total. The lowest BCUT2D eigenvalue weighted by Gasteiger charge is -2.34. The number of carbonyl (C=O) groups is 1. The van der Waals surface area contributed by atoms with Crippen LogP contribution in [0.3, 0.4) is 0 Å². The Hall–Kier alpha value is -2.34. The molecule has 24 heavy (non-hydrogen) atoms. The minimum atomic E-state index is -0.0154. The fourth-order valence-electron chi connectivity index (χ4n) is 3.15. The van der Waals surface area contributed by atoms with Crippen molar-refractivity contribution < 1.29 is 14.3 Å². The molecule has 0 aliphatic carbocycles. The summed E-state index contributed by atoms with van der Waals surface area (Å²) in [5.74, 6) is 0.748. The van der Waals surface area contributed by atoms with Crippen molar-refractivity contribution >= 4 is 5.91 Å². The van der Waals surface area contributed by atoms with Gasteiger partial charge in [0.15, 0.2) is 0 Å². The van der Waals surface area contributed by atoms with Crippen molar-refractivity contribution in [1.82, 2.24) is 15.1 Å². The van der Waals surface area contributed by atoms with Crippen LogP contribution in [0, 0.1) is 0 Å². The van der Waals surface area contributed by atoms with Gasteiger partial charge in [-0.3, -0.25) is 9.89 Å². The maximum Gasteiger partial charge on any atom is 0.272 e. The lowest BCUT2D eigenvalue weighted by atomic mass is 10.0. The number of ether oxygens (including phenoxy) is 2. The molecule has 6 heteroatoms. The van der Waals surface area contributed by atoms with E-state index in [1.807, 2.05) is 29.2 Å². The minimum Gasteiger partial charge on any atom is -0.497 e. The van der Waals surface area contributed by atoms with Gasteiger partial charge in [-0.25, -0.2) is 0 Å². The van der Waals surface area contributed by atoms with Gasteiger partial charge in [0, 0.05) is 19.2 Å². The first-order chi connectivity index (χ1) is 11.7. The summed E-state index contributed by atoms with van der Waals surface area (Å²) in [6.45, 7) is 1.34. The molecule has 0 spiro atoms. The zero-order valence-corrected chi connectivity index (χ0v) is 14.1. The van der Waals surface area contributed by atoms with Crippen molar-refractivity contribution in [2.24, 2.45) is 0 Å². The number of methoxy groups -OCH3 is 2. The number of hydrogen-bond acceptors (Lipinski definition) is 4. The molecular formula is C18H23N3O3. The molecule has 0 radical (unpaired) electrons. The number of benzene rings is 1. The molecule has 1 aromatic carbocycles. The summed E-state index contributed by atoms with van der Waals surface area (Å²) in [6.07, 6.45) is 3.15. The molecular weight excluding hydrogens is 306 g/mol. The number of hydrogen-bond donors (Lipinski definition) is 1. The number of aromatic amines is 1. The SMILES string of the molecule is COC[C@H]1CCCCN1C(=O)c1cc(-c2cccc(OC)c2)n[nH]1. The Morgan fingerprint density at radius 2 is 2.21 bits per heavy atom. The molecule has 1 aliphatic rings. The zero-order chi connectivity index (χ0) is 16.9. The lowest BCUT2D eigenvalue weighted by Crippen LogP contribution is -2.46. The van der Waals surface area contributed by atoms with E-state index in [-0.39, 0.29) is 11.9 Å². The van der Waals surface area contributed by atoms with Crippen molar-refractivity contribution in [3.8, 4) is 17.0 Å². The Labute approximate surface area is 141 Å². The summed E-state index contributed by atoms with van der Waals surface area (Å²) in [7, 11) is 3.30. The molecule has 0 bridgehead atoms. The molecule has 3 rings (SSSR count). The summed E-state index contributed by atoms with van der Waals surface area (Å²) in [5.41, 5.74) is 2.16. The van der Waals surface area contributed by atoms with Crippen LogP contribution in [0.4, 0.5) is 0 Å². The molecule has 0 unspecified atom stereocenters. The van der Waals surface area contributed by atoms with E-state index < -0.39 is 0 Å². The van der Waals surface area contributed by atoms with Crippen LogP contribution in [-0.4, -0.2) is 54.4 Å². The first-order valence-corrected chi connectivity index (χ1v) is 8.22. The third kappa shape index (κ3) is 3.43. The standard InChI is InChI=1S/C18H23N3O3/c1-23-12-14-7-3-4-9-21(14)18(22)17-11-16(19-20-17)13-6-5-8-15(10-13)24-2/h5-6,8,10-11,14H,3-4,7,9,12H2,1-2H3,(H,19,20)/t14-/m1/s1. The first kappa shape index (κ1) is 16.5. The summed E-state index contributed by atoms with van der Waals surface area (Å²) in [4.78, 5) is 14.7. The molecule has 2 aromatic rings. The Balaban J connectivity index is 1.80. The number of H-pyrrole nitrogens is 1. The third-order valence-corrected chi connectivity index (χ3v) is 4.42. The average molecular weight is 329 g/mol. The first-order valence-electron chi connectivity index (χ1n) is 8.22. The van der Waals surface area contributed by atoms with Gasteiger partial charge in [-0.05, 0) is 37.5 Å². The second kappa shape index (κ2) is 7.49. The number of aromatic nitrogens is 2. The topological polar surface area (TPSA) is 67.4 Å². The van der Waals surface area contributed by atoms with Crippen LogP contribution in [0.2, 0.25) is 0 Å². The van der Waals surface area contributed by atoms with Gasteiger partial charge in [0.1, 0.15) is 11.4 Å². The quantitative estimate of drug-likeness (QED) is 0.916. The number of amides is 1. The number of piperidine rings is 1. The van der Waals surface area contributed by atoms with Gasteiger partial charge in [-0.2, -0.15) is 5.10 Å². The van der Waals surface area contributed by atoms with Crippen LogP contribution < -0.4 is 4.74 Å². The largest absolute Gasteiger partial charge is 0.497 e. The highest BCUT2D eigenvalue weighted by Gasteiger charge is 2.28. The molecule has 1 atom stereocenters. The third-order valence-electron chi connectivity index (χ3n) is 4.42. The van der Waals surface area contributed by atoms with Crippen LogP contribution in [0.5, 0.6) is 5.75 Å². The van der Waals surface area contributed by atoms with Crippen LogP contribution in [0.1, 0.15) is 29.8 Å². The van der Waals surface area contributed by atoms with Crippen LogP contribution in [-0.2, 0) is 4.74 Å². The fraction of sp³-hybridized carbons (Fsp3) is 0.444. The van der Waals surface area contributed by atoms with Crippen molar-refractivity contribution in [3.63, 3.8) is 0 Å². The molecule has 1 fully saturated rings. The highest BCUT2D eigenvalue weighted by molar-refractivity contribution is 5.93. The highest BCUT2D eigenvalue weighted by atomic mass is 16.5. The van der Waals surface area contributed by atoms with Crippen LogP contribution >= 0.6 is 0 Å². The smallest absolute Gasteiger partial charge is 0.272 e. The Kier molecular flexibility index (Phi) is 5.15. The summed E-state index contributed by atoms with van der Waals surface area (Å²) >= 11 is 0. The molecule has 1 aliphatic heterocycles. The van der Waals surface area contributed by atoms with Gasteiger partial charge in [0.05, 0.1) is 25.5 Å². The van der Waals surface area contributed by atoms with Gasteiger partial charge in [-0.15, -0.1) is 0 Å². The number of likely N-dealkylation sites (tertiary alicyclic amines) is 1. The van der Waals surface area contributed by atoms with Gasteiger partial charge < -0.3 is 14.4 Å². The van der Waals surface area contributed by atoms with Gasteiger partial charge in [0.2, 0.25) is 0 Å². The van der Waals surface area contributed by atoms with E-state index in [1.165, 1.54) is 0 Å². The minimum absolute atomic E-state index is 0.0154. The summed E-state index contributed by atoms with van der Waals surface area (Å²) in [5, 5.41) is 7.17. The molecule has 1 aromatic heterocycles. The normalized spacial score (nSPS) is 17.8. The molecule has 2 heterocycles. The molecule has 128 valence electrons. The van der Waals surface area contributed by atoms with E-state index >= 15 is 0 Å². The maximum atomic E-state index is 12.8. The molecule has 0 saturated carbocycles. The Bertz CT molecular complexity index is 696.